The van der Waals surface area contributed by atoms with Crippen molar-refractivity contribution in [2.75, 3.05) is 11.9 Å². The Bertz CT molecular complexity index is 700. The normalized spacial score (nSPS) is 11.3. The molecule has 0 amide bonds. The van der Waals surface area contributed by atoms with Crippen LogP contribution in [0.15, 0.2) is 57.9 Å². The van der Waals surface area contributed by atoms with E-state index in [0.717, 1.165) is 22.3 Å². The number of anilines is 1. The number of nitrogens with one attached hydrogen (secondary N) is 2. The molecule has 0 spiro atoms. The van der Waals surface area contributed by atoms with Crippen molar-refractivity contribution in [1.29, 1.82) is 0 Å². The third kappa shape index (κ3) is 4.56. The average Bonchev–Trinajstić information content (AvgIpc) is 2.46. The Hall–Kier alpha value is -1.37. The van der Waals surface area contributed by atoms with Gasteiger partial charge in [0.2, 0.25) is 10.0 Å². The number of rotatable bonds is 6. The van der Waals surface area contributed by atoms with Gasteiger partial charge in [-0.05, 0) is 48.9 Å². The molecular weight excluding hydrogens is 352 g/mol. The molecule has 2 aromatic rings. The molecule has 0 heterocycles. The summed E-state index contributed by atoms with van der Waals surface area (Å²) >= 11 is 3.37. The Balaban J connectivity index is 2.07. The van der Waals surface area contributed by atoms with Crippen LogP contribution in [0.2, 0.25) is 0 Å². The van der Waals surface area contributed by atoms with Gasteiger partial charge in [-0.1, -0.05) is 28.1 Å². The van der Waals surface area contributed by atoms with Crippen LogP contribution >= 0.6 is 15.9 Å². The Morgan fingerprint density at radius 1 is 1.10 bits per heavy atom. The van der Waals surface area contributed by atoms with E-state index in [0.29, 0.717) is 0 Å². The fourth-order valence-corrected chi connectivity index (χ4v) is 3.33. The van der Waals surface area contributed by atoms with Crippen LogP contribution in [0.5, 0.6) is 0 Å². The van der Waals surface area contributed by atoms with Crippen LogP contribution in [0.1, 0.15) is 12.5 Å². The molecule has 0 radical (unpaired) electrons. The van der Waals surface area contributed by atoms with Crippen molar-refractivity contribution in [3.8, 4) is 0 Å². The van der Waals surface area contributed by atoms with E-state index in [-0.39, 0.29) is 11.4 Å². The SMILES string of the molecule is CCNc1ccc(S(=O)(=O)NCc2cccc(Br)c2)cc1. The maximum Gasteiger partial charge on any atom is 0.240 e. The Morgan fingerprint density at radius 2 is 1.81 bits per heavy atom. The summed E-state index contributed by atoms with van der Waals surface area (Å²) in [5, 5.41) is 3.13. The summed E-state index contributed by atoms with van der Waals surface area (Å²) in [7, 11) is -3.50. The first-order valence-corrected chi connectivity index (χ1v) is 8.87. The van der Waals surface area contributed by atoms with Crippen LogP contribution in [0.3, 0.4) is 0 Å². The zero-order valence-electron chi connectivity index (χ0n) is 11.6. The Labute approximate surface area is 133 Å². The van der Waals surface area contributed by atoms with E-state index >= 15 is 0 Å². The molecule has 21 heavy (non-hydrogen) atoms. The van der Waals surface area contributed by atoms with Gasteiger partial charge in [0.25, 0.3) is 0 Å². The average molecular weight is 369 g/mol. The van der Waals surface area contributed by atoms with Crippen molar-refractivity contribution >= 4 is 31.6 Å². The van der Waals surface area contributed by atoms with Crippen molar-refractivity contribution in [1.82, 2.24) is 4.72 Å². The molecule has 0 aromatic heterocycles. The molecule has 0 aliphatic heterocycles. The number of hydrogen-bond donors (Lipinski definition) is 2. The van der Waals surface area contributed by atoms with Gasteiger partial charge in [0.05, 0.1) is 4.90 Å². The van der Waals surface area contributed by atoms with Gasteiger partial charge in [-0.2, -0.15) is 0 Å². The molecule has 4 nitrogen and oxygen atoms in total. The predicted octanol–water partition coefficient (Wildman–Crippen LogP) is 3.36. The maximum atomic E-state index is 12.2. The first-order chi connectivity index (χ1) is 10.0. The van der Waals surface area contributed by atoms with Gasteiger partial charge in [-0.15, -0.1) is 0 Å². The molecule has 0 bridgehead atoms. The summed E-state index contributed by atoms with van der Waals surface area (Å²) in [5.74, 6) is 0. The summed E-state index contributed by atoms with van der Waals surface area (Å²) in [6.45, 7) is 3.05. The molecule has 0 aliphatic carbocycles. The lowest BCUT2D eigenvalue weighted by Gasteiger charge is -2.08. The molecule has 0 atom stereocenters. The van der Waals surface area contributed by atoms with E-state index in [4.69, 9.17) is 0 Å². The van der Waals surface area contributed by atoms with Gasteiger partial charge in [0.1, 0.15) is 0 Å². The van der Waals surface area contributed by atoms with Crippen molar-refractivity contribution < 1.29 is 8.42 Å². The van der Waals surface area contributed by atoms with Gasteiger partial charge < -0.3 is 5.32 Å². The predicted molar refractivity (Wildman–Crippen MR) is 88.8 cm³/mol. The van der Waals surface area contributed by atoms with Crippen molar-refractivity contribution in [2.24, 2.45) is 0 Å². The summed E-state index contributed by atoms with van der Waals surface area (Å²) < 4.78 is 28.0. The van der Waals surface area contributed by atoms with Crippen LogP contribution in [0, 0.1) is 0 Å². The third-order valence-corrected chi connectivity index (χ3v) is 4.81. The highest BCUT2D eigenvalue weighted by Crippen LogP contribution is 2.15. The molecule has 0 unspecified atom stereocenters. The minimum absolute atomic E-state index is 0.261. The molecule has 0 fully saturated rings. The quantitative estimate of drug-likeness (QED) is 0.821. The molecule has 6 heteroatoms. The third-order valence-electron chi connectivity index (χ3n) is 2.90. The molecule has 112 valence electrons. The highest BCUT2D eigenvalue weighted by atomic mass is 79.9. The molecule has 2 rings (SSSR count). The first-order valence-electron chi connectivity index (χ1n) is 6.59. The highest BCUT2D eigenvalue weighted by molar-refractivity contribution is 9.10. The van der Waals surface area contributed by atoms with Crippen molar-refractivity contribution in [3.05, 3.63) is 58.6 Å². The van der Waals surface area contributed by atoms with Crippen LogP contribution in [-0.4, -0.2) is 15.0 Å². The van der Waals surface area contributed by atoms with Crippen molar-refractivity contribution in [2.45, 2.75) is 18.4 Å². The first kappa shape index (κ1) is 16.0. The number of sulfonamides is 1. The number of halogens is 1. The Kier molecular flexibility index (Phi) is 5.39. The second kappa shape index (κ2) is 7.06. The smallest absolute Gasteiger partial charge is 0.240 e. The van der Waals surface area contributed by atoms with Crippen LogP contribution in [0.25, 0.3) is 0 Å². The number of hydrogen-bond acceptors (Lipinski definition) is 3. The Morgan fingerprint density at radius 3 is 2.43 bits per heavy atom. The monoisotopic (exact) mass is 368 g/mol. The van der Waals surface area contributed by atoms with E-state index < -0.39 is 10.0 Å². The van der Waals surface area contributed by atoms with Gasteiger partial charge in [0, 0.05) is 23.2 Å². The fraction of sp³-hybridized carbons (Fsp3) is 0.200. The van der Waals surface area contributed by atoms with Crippen molar-refractivity contribution in [3.63, 3.8) is 0 Å². The molecular formula is C15H17BrN2O2S. The molecule has 0 saturated carbocycles. The van der Waals surface area contributed by atoms with Gasteiger partial charge >= 0.3 is 0 Å². The molecule has 0 aliphatic rings. The highest BCUT2D eigenvalue weighted by Gasteiger charge is 2.13. The van der Waals surface area contributed by atoms with E-state index in [9.17, 15) is 8.42 Å². The molecule has 0 saturated heterocycles. The minimum atomic E-state index is -3.50. The lowest BCUT2D eigenvalue weighted by atomic mass is 10.2. The van der Waals surface area contributed by atoms with Crippen LogP contribution in [-0.2, 0) is 16.6 Å². The minimum Gasteiger partial charge on any atom is -0.385 e. The van der Waals surface area contributed by atoms with Gasteiger partial charge in [-0.25, -0.2) is 13.1 Å². The zero-order valence-corrected chi connectivity index (χ0v) is 14.0. The molecule has 2 aromatic carbocycles. The number of benzene rings is 2. The summed E-state index contributed by atoms with van der Waals surface area (Å²) in [6.07, 6.45) is 0. The van der Waals surface area contributed by atoms with Crippen LogP contribution < -0.4 is 10.0 Å². The summed E-state index contributed by atoms with van der Waals surface area (Å²) in [4.78, 5) is 0.263. The lowest BCUT2D eigenvalue weighted by molar-refractivity contribution is 0.581. The topological polar surface area (TPSA) is 58.2 Å². The zero-order chi connectivity index (χ0) is 15.3. The van der Waals surface area contributed by atoms with E-state index in [2.05, 4.69) is 26.0 Å². The summed E-state index contributed by atoms with van der Waals surface area (Å²) in [6, 6.07) is 14.3. The lowest BCUT2D eigenvalue weighted by Crippen LogP contribution is -2.23. The molecule has 2 N–H and O–H groups in total. The van der Waals surface area contributed by atoms with Gasteiger partial charge in [0.15, 0.2) is 0 Å². The second-order valence-electron chi connectivity index (χ2n) is 4.51. The van der Waals surface area contributed by atoms with Gasteiger partial charge in [-0.3, -0.25) is 0 Å². The fourth-order valence-electron chi connectivity index (χ4n) is 1.86. The van der Waals surface area contributed by atoms with E-state index in [1.54, 1.807) is 24.3 Å². The largest absolute Gasteiger partial charge is 0.385 e. The van der Waals surface area contributed by atoms with E-state index in [1.165, 1.54) is 0 Å². The van der Waals surface area contributed by atoms with Crippen LogP contribution in [0.4, 0.5) is 5.69 Å². The van der Waals surface area contributed by atoms with E-state index in [1.807, 2.05) is 31.2 Å². The second-order valence-corrected chi connectivity index (χ2v) is 7.19. The standard InChI is InChI=1S/C15H17BrN2O2S/c1-2-17-14-6-8-15(9-7-14)21(19,20)18-11-12-4-3-5-13(16)10-12/h3-10,17-18H,2,11H2,1H3. The maximum absolute atomic E-state index is 12.2. The summed E-state index contributed by atoms with van der Waals surface area (Å²) in [5.41, 5.74) is 1.81.